The third-order valence-electron chi connectivity index (χ3n) is 2.12. The van der Waals surface area contributed by atoms with Gasteiger partial charge in [0.05, 0.1) is 18.8 Å². The smallest absolute Gasteiger partial charge is 0.344 e. The molecule has 0 atom stereocenters. The van der Waals surface area contributed by atoms with Crippen LogP contribution in [0.2, 0.25) is 0 Å². The number of esters is 1. The van der Waals surface area contributed by atoms with Crippen LogP contribution in [0.25, 0.3) is 0 Å². The first kappa shape index (κ1) is 14.8. The SMILES string of the molecule is COc1cc(C(=O)O)ccc1OCC(=O)OC(C)C. The van der Waals surface area contributed by atoms with Crippen molar-refractivity contribution in [3.63, 3.8) is 0 Å². The number of carbonyl (C=O) groups excluding carboxylic acids is 1. The summed E-state index contributed by atoms with van der Waals surface area (Å²) in [6, 6.07) is 4.13. The number of hydrogen-bond acceptors (Lipinski definition) is 5. The molecule has 1 aromatic rings. The fraction of sp³-hybridized carbons (Fsp3) is 0.385. The molecule has 6 nitrogen and oxygen atoms in total. The van der Waals surface area contributed by atoms with Crippen molar-refractivity contribution < 1.29 is 28.9 Å². The van der Waals surface area contributed by atoms with Crippen LogP contribution in [-0.2, 0) is 9.53 Å². The first-order valence-corrected chi connectivity index (χ1v) is 5.67. The fourth-order valence-corrected chi connectivity index (χ4v) is 1.35. The van der Waals surface area contributed by atoms with Gasteiger partial charge in [-0.2, -0.15) is 0 Å². The van der Waals surface area contributed by atoms with Crippen molar-refractivity contribution in [3.05, 3.63) is 23.8 Å². The van der Waals surface area contributed by atoms with Gasteiger partial charge in [-0.25, -0.2) is 9.59 Å². The van der Waals surface area contributed by atoms with E-state index in [0.717, 1.165) is 0 Å². The summed E-state index contributed by atoms with van der Waals surface area (Å²) in [5.41, 5.74) is 0.0777. The lowest BCUT2D eigenvalue weighted by atomic mass is 10.2. The van der Waals surface area contributed by atoms with E-state index in [2.05, 4.69) is 0 Å². The molecule has 1 aromatic carbocycles. The summed E-state index contributed by atoms with van der Waals surface area (Å²) in [6.07, 6.45) is -0.215. The predicted octanol–water partition coefficient (Wildman–Crippen LogP) is 1.72. The largest absolute Gasteiger partial charge is 0.493 e. The fourth-order valence-electron chi connectivity index (χ4n) is 1.35. The van der Waals surface area contributed by atoms with Gasteiger partial charge in [0, 0.05) is 0 Å². The van der Waals surface area contributed by atoms with Crippen LogP contribution < -0.4 is 9.47 Å². The second-order valence-corrected chi connectivity index (χ2v) is 4.00. The van der Waals surface area contributed by atoms with Crippen LogP contribution in [0.15, 0.2) is 18.2 Å². The maximum absolute atomic E-state index is 11.3. The zero-order chi connectivity index (χ0) is 14.4. The van der Waals surface area contributed by atoms with Crippen LogP contribution in [0, 0.1) is 0 Å². The highest BCUT2D eigenvalue weighted by Gasteiger charge is 2.12. The van der Waals surface area contributed by atoms with Crippen molar-refractivity contribution in [2.45, 2.75) is 20.0 Å². The number of aromatic carboxylic acids is 1. The highest BCUT2D eigenvalue weighted by atomic mass is 16.6. The molecule has 0 saturated carbocycles. The average Bonchev–Trinajstić information content (AvgIpc) is 2.35. The number of hydrogen-bond donors (Lipinski definition) is 1. The molecular formula is C13H16O6. The van der Waals surface area contributed by atoms with Crippen molar-refractivity contribution in [1.29, 1.82) is 0 Å². The molecule has 1 N–H and O–H groups in total. The summed E-state index contributed by atoms with van der Waals surface area (Å²) >= 11 is 0. The van der Waals surface area contributed by atoms with E-state index in [9.17, 15) is 9.59 Å². The molecule has 0 aliphatic heterocycles. The lowest BCUT2D eigenvalue weighted by Crippen LogP contribution is -2.19. The summed E-state index contributed by atoms with van der Waals surface area (Å²) in [6.45, 7) is 3.21. The Morgan fingerprint density at radius 2 is 1.95 bits per heavy atom. The Labute approximate surface area is 110 Å². The second kappa shape index (κ2) is 6.63. The molecule has 0 radical (unpaired) electrons. The lowest BCUT2D eigenvalue weighted by Gasteiger charge is -2.12. The van der Waals surface area contributed by atoms with Gasteiger partial charge in [-0.05, 0) is 32.0 Å². The first-order valence-electron chi connectivity index (χ1n) is 5.67. The average molecular weight is 268 g/mol. The second-order valence-electron chi connectivity index (χ2n) is 4.00. The molecule has 0 fully saturated rings. The zero-order valence-corrected chi connectivity index (χ0v) is 11.0. The van der Waals surface area contributed by atoms with Crippen LogP contribution in [0.4, 0.5) is 0 Å². The van der Waals surface area contributed by atoms with Crippen molar-refractivity contribution >= 4 is 11.9 Å². The number of carboxylic acids is 1. The van der Waals surface area contributed by atoms with Gasteiger partial charge < -0.3 is 19.3 Å². The van der Waals surface area contributed by atoms with Gasteiger partial charge in [0.1, 0.15) is 0 Å². The molecule has 0 saturated heterocycles. The van der Waals surface area contributed by atoms with E-state index < -0.39 is 11.9 Å². The summed E-state index contributed by atoms with van der Waals surface area (Å²) in [5, 5.41) is 8.84. The number of carboxylic acid groups (broad SMARTS) is 1. The summed E-state index contributed by atoms with van der Waals surface area (Å²) in [5.74, 6) is -1.03. The van der Waals surface area contributed by atoms with Gasteiger partial charge in [0.15, 0.2) is 18.1 Å². The Hall–Kier alpha value is -2.24. The van der Waals surface area contributed by atoms with Gasteiger partial charge in [-0.15, -0.1) is 0 Å². The Bertz CT molecular complexity index is 466. The molecule has 104 valence electrons. The molecular weight excluding hydrogens is 252 g/mol. The van der Waals surface area contributed by atoms with Crippen molar-refractivity contribution in [3.8, 4) is 11.5 Å². The molecule has 0 bridgehead atoms. The molecule has 1 rings (SSSR count). The van der Waals surface area contributed by atoms with Crippen molar-refractivity contribution in [1.82, 2.24) is 0 Å². The Morgan fingerprint density at radius 3 is 2.47 bits per heavy atom. The van der Waals surface area contributed by atoms with E-state index in [0.29, 0.717) is 0 Å². The molecule has 19 heavy (non-hydrogen) atoms. The van der Waals surface area contributed by atoms with Gasteiger partial charge in [0.2, 0.25) is 0 Å². The molecule has 0 aliphatic carbocycles. The summed E-state index contributed by atoms with van der Waals surface area (Å²) < 4.78 is 15.2. The van der Waals surface area contributed by atoms with Crippen LogP contribution in [0.3, 0.4) is 0 Å². The molecule has 0 aliphatic rings. The maximum atomic E-state index is 11.3. The van der Waals surface area contributed by atoms with E-state index in [4.69, 9.17) is 19.3 Å². The van der Waals surface area contributed by atoms with Gasteiger partial charge >= 0.3 is 11.9 Å². The monoisotopic (exact) mass is 268 g/mol. The number of benzene rings is 1. The van der Waals surface area contributed by atoms with Crippen molar-refractivity contribution in [2.75, 3.05) is 13.7 Å². The van der Waals surface area contributed by atoms with Crippen LogP contribution in [0.1, 0.15) is 24.2 Å². The minimum Gasteiger partial charge on any atom is -0.493 e. The quantitative estimate of drug-likeness (QED) is 0.791. The zero-order valence-electron chi connectivity index (χ0n) is 11.0. The van der Waals surface area contributed by atoms with Gasteiger partial charge in [0.25, 0.3) is 0 Å². The van der Waals surface area contributed by atoms with Crippen molar-refractivity contribution in [2.24, 2.45) is 0 Å². The van der Waals surface area contributed by atoms with Crippen LogP contribution in [0.5, 0.6) is 11.5 Å². The standard InChI is InChI=1S/C13H16O6/c1-8(2)19-12(14)7-18-10-5-4-9(13(15)16)6-11(10)17-3/h4-6,8H,7H2,1-3H3,(H,15,16). The van der Waals surface area contributed by atoms with E-state index in [1.807, 2.05) is 0 Å². The van der Waals surface area contributed by atoms with Crippen LogP contribution >= 0.6 is 0 Å². The lowest BCUT2D eigenvalue weighted by molar-refractivity contribution is -0.149. The number of methoxy groups -OCH3 is 1. The molecule has 0 aromatic heterocycles. The van der Waals surface area contributed by atoms with E-state index in [1.54, 1.807) is 13.8 Å². The normalized spacial score (nSPS) is 10.1. The predicted molar refractivity (Wildman–Crippen MR) is 66.7 cm³/mol. The first-order chi connectivity index (χ1) is 8.93. The Morgan fingerprint density at radius 1 is 1.26 bits per heavy atom. The van der Waals surface area contributed by atoms with E-state index in [-0.39, 0.29) is 29.8 Å². The van der Waals surface area contributed by atoms with E-state index >= 15 is 0 Å². The third-order valence-corrected chi connectivity index (χ3v) is 2.12. The summed E-state index contributed by atoms with van der Waals surface area (Å²) in [4.78, 5) is 22.1. The van der Waals surface area contributed by atoms with Gasteiger partial charge in [-0.3, -0.25) is 0 Å². The molecule has 0 spiro atoms. The summed E-state index contributed by atoms with van der Waals surface area (Å²) in [7, 11) is 1.39. The van der Waals surface area contributed by atoms with E-state index in [1.165, 1.54) is 25.3 Å². The topological polar surface area (TPSA) is 82.1 Å². The number of carbonyl (C=O) groups is 2. The van der Waals surface area contributed by atoms with Crippen LogP contribution in [-0.4, -0.2) is 36.9 Å². The molecule has 0 amide bonds. The molecule has 6 heteroatoms. The van der Waals surface area contributed by atoms with Gasteiger partial charge in [-0.1, -0.05) is 0 Å². The Balaban J connectivity index is 2.73. The molecule has 0 unspecified atom stereocenters. The number of ether oxygens (including phenoxy) is 3. The number of rotatable bonds is 6. The minimum absolute atomic E-state index is 0.0777. The highest BCUT2D eigenvalue weighted by Crippen LogP contribution is 2.28. The molecule has 0 heterocycles. The highest BCUT2D eigenvalue weighted by molar-refractivity contribution is 5.88. The maximum Gasteiger partial charge on any atom is 0.344 e. The Kier molecular flexibility index (Phi) is 5.17. The third kappa shape index (κ3) is 4.50. The minimum atomic E-state index is -1.07.